The zero-order valence-corrected chi connectivity index (χ0v) is 10.6. The summed E-state index contributed by atoms with van der Waals surface area (Å²) >= 11 is 0. The molecule has 90 valence electrons. The molecule has 3 nitrogen and oxygen atoms in total. The molecule has 0 saturated heterocycles. The Labute approximate surface area is 102 Å². The fraction of sp³-hybridized carbons (Fsp3) is 0.357. The highest BCUT2D eigenvalue weighted by atomic mass is 15.3. The average Bonchev–Trinajstić information content (AvgIpc) is 2.78. The molecule has 1 aromatic heterocycles. The summed E-state index contributed by atoms with van der Waals surface area (Å²) in [7, 11) is 2.00. The van der Waals surface area contributed by atoms with Gasteiger partial charge in [-0.25, -0.2) is 4.68 Å². The van der Waals surface area contributed by atoms with Crippen LogP contribution < -0.4 is 5.32 Å². The molecule has 0 aliphatic rings. The number of rotatable bonds is 4. The van der Waals surface area contributed by atoms with Gasteiger partial charge in [-0.3, -0.25) is 0 Å². The largest absolute Gasteiger partial charge is 0.313 e. The zero-order valence-electron chi connectivity index (χ0n) is 10.6. The minimum Gasteiger partial charge on any atom is -0.313 e. The Bertz CT molecular complexity index is 466. The molecular weight excluding hydrogens is 210 g/mol. The quantitative estimate of drug-likeness (QED) is 0.873. The van der Waals surface area contributed by atoms with E-state index in [0.29, 0.717) is 6.04 Å². The van der Waals surface area contributed by atoms with Crippen LogP contribution in [-0.4, -0.2) is 16.8 Å². The second-order valence-corrected chi connectivity index (χ2v) is 4.30. The first-order chi connectivity index (χ1) is 8.24. The molecular formula is C14H19N3. The molecule has 0 fully saturated rings. The van der Waals surface area contributed by atoms with Crippen LogP contribution in [0.3, 0.4) is 0 Å². The molecule has 1 unspecified atom stereocenters. The van der Waals surface area contributed by atoms with Crippen molar-refractivity contribution in [1.82, 2.24) is 15.1 Å². The summed E-state index contributed by atoms with van der Waals surface area (Å²) in [5.41, 5.74) is 3.60. The summed E-state index contributed by atoms with van der Waals surface area (Å²) in [5.74, 6) is 0. The van der Waals surface area contributed by atoms with Crippen LogP contribution >= 0.6 is 0 Å². The van der Waals surface area contributed by atoms with Gasteiger partial charge in [0.15, 0.2) is 0 Å². The van der Waals surface area contributed by atoms with Gasteiger partial charge in [-0.1, -0.05) is 19.1 Å². The molecule has 0 aliphatic heterocycles. The third-order valence-corrected chi connectivity index (χ3v) is 3.03. The Morgan fingerprint density at radius 2 is 2.00 bits per heavy atom. The first-order valence-electron chi connectivity index (χ1n) is 6.03. The van der Waals surface area contributed by atoms with E-state index in [1.807, 2.05) is 31.0 Å². The highest BCUT2D eigenvalue weighted by molar-refractivity contribution is 5.35. The number of hydrogen-bond acceptors (Lipinski definition) is 2. The summed E-state index contributed by atoms with van der Waals surface area (Å²) < 4.78 is 1.90. The lowest BCUT2D eigenvalue weighted by atomic mass is 10.0. The van der Waals surface area contributed by atoms with Gasteiger partial charge in [0.2, 0.25) is 0 Å². The highest BCUT2D eigenvalue weighted by Gasteiger charge is 2.06. The van der Waals surface area contributed by atoms with Crippen molar-refractivity contribution >= 4 is 0 Å². The Morgan fingerprint density at radius 3 is 2.47 bits per heavy atom. The predicted molar refractivity (Wildman–Crippen MR) is 70.4 cm³/mol. The molecule has 1 N–H and O–H groups in total. The van der Waals surface area contributed by atoms with Gasteiger partial charge in [-0.05, 0) is 43.7 Å². The van der Waals surface area contributed by atoms with Gasteiger partial charge in [-0.15, -0.1) is 0 Å². The van der Waals surface area contributed by atoms with Crippen molar-refractivity contribution in [2.24, 2.45) is 0 Å². The molecule has 0 bridgehead atoms. The monoisotopic (exact) mass is 229 g/mol. The standard InChI is InChI=1S/C14H19N3/c1-4-14(15-3)12-5-7-13(8-6-12)17-10-11(2)9-16-17/h5-10,14-15H,4H2,1-3H3. The van der Waals surface area contributed by atoms with Gasteiger partial charge in [0.1, 0.15) is 0 Å². The van der Waals surface area contributed by atoms with Gasteiger partial charge in [0.05, 0.1) is 11.9 Å². The number of aryl methyl sites for hydroxylation is 1. The van der Waals surface area contributed by atoms with Crippen LogP contribution in [0, 0.1) is 6.92 Å². The smallest absolute Gasteiger partial charge is 0.0645 e. The normalized spacial score (nSPS) is 12.6. The second kappa shape index (κ2) is 5.15. The van der Waals surface area contributed by atoms with E-state index in [1.54, 1.807) is 0 Å². The molecule has 0 radical (unpaired) electrons. The molecule has 0 amide bonds. The third-order valence-electron chi connectivity index (χ3n) is 3.03. The molecule has 0 saturated carbocycles. The Balaban J connectivity index is 2.23. The van der Waals surface area contributed by atoms with Crippen LogP contribution in [-0.2, 0) is 0 Å². The van der Waals surface area contributed by atoms with Crippen LogP contribution in [0.1, 0.15) is 30.5 Å². The van der Waals surface area contributed by atoms with Gasteiger partial charge in [0, 0.05) is 12.2 Å². The predicted octanol–water partition coefficient (Wildman–Crippen LogP) is 2.85. The van der Waals surface area contributed by atoms with E-state index in [0.717, 1.165) is 12.1 Å². The van der Waals surface area contributed by atoms with E-state index in [4.69, 9.17) is 0 Å². The number of aromatic nitrogens is 2. The molecule has 2 rings (SSSR count). The fourth-order valence-electron chi connectivity index (χ4n) is 2.02. The minimum atomic E-state index is 0.434. The van der Waals surface area contributed by atoms with Crippen molar-refractivity contribution in [3.8, 4) is 5.69 Å². The molecule has 1 aromatic carbocycles. The van der Waals surface area contributed by atoms with Crippen molar-refractivity contribution in [2.75, 3.05) is 7.05 Å². The molecule has 0 aliphatic carbocycles. The maximum Gasteiger partial charge on any atom is 0.0645 e. The lowest BCUT2D eigenvalue weighted by Crippen LogP contribution is -2.15. The highest BCUT2D eigenvalue weighted by Crippen LogP contribution is 2.18. The van der Waals surface area contributed by atoms with Gasteiger partial charge < -0.3 is 5.32 Å². The SMILES string of the molecule is CCC(NC)c1ccc(-n2cc(C)cn2)cc1. The number of benzene rings is 1. The van der Waals surface area contributed by atoms with E-state index < -0.39 is 0 Å². The molecule has 3 heteroatoms. The maximum atomic E-state index is 4.30. The molecule has 2 aromatic rings. The lowest BCUT2D eigenvalue weighted by molar-refractivity contribution is 0.577. The Hall–Kier alpha value is -1.61. The molecule has 1 atom stereocenters. The third kappa shape index (κ3) is 2.56. The average molecular weight is 229 g/mol. The van der Waals surface area contributed by atoms with E-state index in [-0.39, 0.29) is 0 Å². The van der Waals surface area contributed by atoms with E-state index in [2.05, 4.69) is 41.6 Å². The first-order valence-corrected chi connectivity index (χ1v) is 6.03. The summed E-state index contributed by atoms with van der Waals surface area (Å²) in [5, 5.41) is 7.61. The minimum absolute atomic E-state index is 0.434. The summed E-state index contributed by atoms with van der Waals surface area (Å²) in [6.07, 6.45) is 5.00. The van der Waals surface area contributed by atoms with E-state index >= 15 is 0 Å². The van der Waals surface area contributed by atoms with Crippen LogP contribution in [0.2, 0.25) is 0 Å². The van der Waals surface area contributed by atoms with E-state index in [1.165, 1.54) is 11.1 Å². The van der Waals surface area contributed by atoms with Crippen molar-refractivity contribution in [1.29, 1.82) is 0 Å². The summed E-state index contributed by atoms with van der Waals surface area (Å²) in [6, 6.07) is 8.99. The van der Waals surface area contributed by atoms with Crippen LogP contribution in [0.15, 0.2) is 36.7 Å². The molecule has 0 spiro atoms. The van der Waals surface area contributed by atoms with E-state index in [9.17, 15) is 0 Å². The molecule has 1 heterocycles. The van der Waals surface area contributed by atoms with Crippen molar-refractivity contribution in [3.63, 3.8) is 0 Å². The Morgan fingerprint density at radius 1 is 1.29 bits per heavy atom. The van der Waals surface area contributed by atoms with Crippen LogP contribution in [0.25, 0.3) is 5.69 Å². The fourth-order valence-corrected chi connectivity index (χ4v) is 2.02. The van der Waals surface area contributed by atoms with Crippen molar-refractivity contribution < 1.29 is 0 Å². The van der Waals surface area contributed by atoms with Gasteiger partial charge in [-0.2, -0.15) is 5.10 Å². The topological polar surface area (TPSA) is 29.9 Å². The lowest BCUT2D eigenvalue weighted by Gasteiger charge is -2.14. The maximum absolute atomic E-state index is 4.30. The first kappa shape index (κ1) is 11.9. The van der Waals surface area contributed by atoms with Crippen LogP contribution in [0.4, 0.5) is 0 Å². The number of hydrogen-bond donors (Lipinski definition) is 1. The number of nitrogens with zero attached hydrogens (tertiary/aromatic N) is 2. The summed E-state index contributed by atoms with van der Waals surface area (Å²) in [6.45, 7) is 4.23. The van der Waals surface area contributed by atoms with Gasteiger partial charge in [0.25, 0.3) is 0 Å². The van der Waals surface area contributed by atoms with Gasteiger partial charge >= 0.3 is 0 Å². The van der Waals surface area contributed by atoms with Crippen molar-refractivity contribution in [3.05, 3.63) is 47.8 Å². The number of nitrogens with one attached hydrogen (secondary N) is 1. The molecule has 17 heavy (non-hydrogen) atoms. The van der Waals surface area contributed by atoms with Crippen LogP contribution in [0.5, 0.6) is 0 Å². The summed E-state index contributed by atoms with van der Waals surface area (Å²) in [4.78, 5) is 0. The zero-order chi connectivity index (χ0) is 12.3. The Kier molecular flexibility index (Phi) is 3.59. The van der Waals surface area contributed by atoms with Crippen molar-refractivity contribution in [2.45, 2.75) is 26.3 Å². The second-order valence-electron chi connectivity index (χ2n) is 4.30.